The van der Waals surface area contributed by atoms with Gasteiger partial charge in [-0.05, 0) is 24.8 Å². The molecule has 104 valence electrons. The van der Waals surface area contributed by atoms with Crippen molar-refractivity contribution >= 4 is 5.91 Å². The van der Waals surface area contributed by atoms with E-state index in [1.54, 1.807) is 7.11 Å². The van der Waals surface area contributed by atoms with Gasteiger partial charge in [0.15, 0.2) is 0 Å². The van der Waals surface area contributed by atoms with Gasteiger partial charge in [-0.25, -0.2) is 0 Å². The van der Waals surface area contributed by atoms with E-state index in [1.165, 1.54) is 0 Å². The average molecular weight is 262 g/mol. The third-order valence-corrected chi connectivity index (χ3v) is 3.42. The number of carbonyl (C=O) groups excluding carboxylic acids is 1. The molecule has 1 aromatic rings. The largest absolute Gasteiger partial charge is 0.383 e. The van der Waals surface area contributed by atoms with Crippen LogP contribution in [0.4, 0.5) is 0 Å². The fourth-order valence-electron chi connectivity index (χ4n) is 2.22. The van der Waals surface area contributed by atoms with Crippen LogP contribution in [0.3, 0.4) is 0 Å². The van der Waals surface area contributed by atoms with Crippen LogP contribution in [-0.4, -0.2) is 43.2 Å². The van der Waals surface area contributed by atoms with E-state index in [1.807, 2.05) is 35.2 Å². The molecule has 0 aliphatic heterocycles. The SMILES string of the molecule is COCCN(C(=O)[C@H](N)Cc1ccccc1)C1CC1. The molecule has 1 aromatic carbocycles. The van der Waals surface area contributed by atoms with Gasteiger partial charge in [0.25, 0.3) is 0 Å². The zero-order valence-corrected chi connectivity index (χ0v) is 11.4. The molecule has 1 saturated carbocycles. The van der Waals surface area contributed by atoms with E-state index in [2.05, 4.69) is 0 Å². The highest BCUT2D eigenvalue weighted by Gasteiger charge is 2.34. The van der Waals surface area contributed by atoms with Crippen molar-refractivity contribution in [3.05, 3.63) is 35.9 Å². The van der Waals surface area contributed by atoms with Gasteiger partial charge in [0.2, 0.25) is 5.91 Å². The molecule has 0 radical (unpaired) electrons. The van der Waals surface area contributed by atoms with Gasteiger partial charge < -0.3 is 15.4 Å². The van der Waals surface area contributed by atoms with Crippen LogP contribution in [0.1, 0.15) is 18.4 Å². The summed E-state index contributed by atoms with van der Waals surface area (Å²) in [5, 5.41) is 0. The molecule has 0 heterocycles. The fourth-order valence-corrected chi connectivity index (χ4v) is 2.22. The Morgan fingerprint density at radius 1 is 1.42 bits per heavy atom. The molecule has 0 bridgehead atoms. The molecule has 0 aromatic heterocycles. The highest BCUT2D eigenvalue weighted by Crippen LogP contribution is 2.27. The lowest BCUT2D eigenvalue weighted by Crippen LogP contribution is -2.47. The van der Waals surface area contributed by atoms with Crippen molar-refractivity contribution in [2.45, 2.75) is 31.3 Å². The molecule has 1 aliphatic carbocycles. The van der Waals surface area contributed by atoms with Crippen molar-refractivity contribution in [3.63, 3.8) is 0 Å². The first-order valence-electron chi connectivity index (χ1n) is 6.81. The second-order valence-corrected chi connectivity index (χ2v) is 5.05. The minimum atomic E-state index is -0.458. The molecule has 19 heavy (non-hydrogen) atoms. The van der Waals surface area contributed by atoms with Crippen LogP contribution >= 0.6 is 0 Å². The number of nitrogens with two attached hydrogens (primary N) is 1. The van der Waals surface area contributed by atoms with Crippen molar-refractivity contribution < 1.29 is 9.53 Å². The number of carbonyl (C=O) groups is 1. The average Bonchev–Trinajstić information content (AvgIpc) is 3.24. The fraction of sp³-hybridized carbons (Fsp3) is 0.533. The maximum absolute atomic E-state index is 12.4. The quantitative estimate of drug-likeness (QED) is 0.803. The van der Waals surface area contributed by atoms with Crippen LogP contribution in [0.15, 0.2) is 30.3 Å². The molecule has 2 N–H and O–H groups in total. The van der Waals surface area contributed by atoms with Gasteiger partial charge in [0, 0.05) is 19.7 Å². The van der Waals surface area contributed by atoms with E-state index in [9.17, 15) is 4.79 Å². The van der Waals surface area contributed by atoms with E-state index >= 15 is 0 Å². The van der Waals surface area contributed by atoms with E-state index < -0.39 is 6.04 Å². The van der Waals surface area contributed by atoms with Gasteiger partial charge in [-0.3, -0.25) is 4.79 Å². The molecule has 1 amide bonds. The molecule has 4 heteroatoms. The topological polar surface area (TPSA) is 55.6 Å². The minimum absolute atomic E-state index is 0.0448. The summed E-state index contributed by atoms with van der Waals surface area (Å²) in [5.41, 5.74) is 7.16. The van der Waals surface area contributed by atoms with Gasteiger partial charge in [-0.15, -0.1) is 0 Å². The van der Waals surface area contributed by atoms with Crippen LogP contribution < -0.4 is 5.73 Å². The van der Waals surface area contributed by atoms with E-state index in [0.29, 0.717) is 25.6 Å². The van der Waals surface area contributed by atoms with Crippen molar-refractivity contribution in [1.29, 1.82) is 0 Å². The first-order valence-corrected chi connectivity index (χ1v) is 6.81. The summed E-state index contributed by atoms with van der Waals surface area (Å²) >= 11 is 0. The lowest BCUT2D eigenvalue weighted by atomic mass is 10.1. The monoisotopic (exact) mass is 262 g/mol. The second kappa shape index (κ2) is 6.68. The van der Waals surface area contributed by atoms with Crippen molar-refractivity contribution in [2.75, 3.05) is 20.3 Å². The van der Waals surface area contributed by atoms with Crippen LogP contribution in [0.25, 0.3) is 0 Å². The Labute approximate surface area is 114 Å². The number of hydrogen-bond acceptors (Lipinski definition) is 3. The summed E-state index contributed by atoms with van der Waals surface area (Å²) in [4.78, 5) is 14.3. The van der Waals surface area contributed by atoms with Gasteiger partial charge in [0.1, 0.15) is 0 Å². The molecular formula is C15H22N2O2. The Bertz CT molecular complexity index is 404. The maximum Gasteiger partial charge on any atom is 0.240 e. The first-order chi connectivity index (χ1) is 9.22. The molecule has 0 unspecified atom stereocenters. The van der Waals surface area contributed by atoms with Crippen LogP contribution in [-0.2, 0) is 16.0 Å². The smallest absolute Gasteiger partial charge is 0.240 e. The van der Waals surface area contributed by atoms with Gasteiger partial charge in [-0.1, -0.05) is 30.3 Å². The number of methoxy groups -OCH3 is 1. The standard InChI is InChI=1S/C15H22N2O2/c1-19-10-9-17(13-7-8-13)15(18)14(16)11-12-5-3-2-4-6-12/h2-6,13-14H,7-11,16H2,1H3/t14-/m1/s1. The third kappa shape index (κ3) is 4.04. The summed E-state index contributed by atoms with van der Waals surface area (Å²) < 4.78 is 5.06. The van der Waals surface area contributed by atoms with Crippen LogP contribution in [0, 0.1) is 0 Å². The second-order valence-electron chi connectivity index (χ2n) is 5.05. The van der Waals surface area contributed by atoms with Crippen LogP contribution in [0.2, 0.25) is 0 Å². The molecule has 1 aliphatic rings. The molecule has 0 spiro atoms. The molecule has 1 fully saturated rings. The lowest BCUT2D eigenvalue weighted by Gasteiger charge is -2.25. The summed E-state index contributed by atoms with van der Waals surface area (Å²) in [6.07, 6.45) is 2.77. The maximum atomic E-state index is 12.4. The minimum Gasteiger partial charge on any atom is -0.383 e. The van der Waals surface area contributed by atoms with E-state index in [-0.39, 0.29) is 5.91 Å². The first kappa shape index (κ1) is 14.0. The number of amides is 1. The molecule has 2 rings (SSSR count). The summed E-state index contributed by atoms with van der Waals surface area (Å²) in [6.45, 7) is 1.21. The Balaban J connectivity index is 1.92. The Morgan fingerprint density at radius 2 is 2.11 bits per heavy atom. The number of nitrogens with zero attached hydrogens (tertiary/aromatic N) is 1. The summed E-state index contributed by atoms with van der Waals surface area (Å²) in [6, 6.07) is 9.83. The van der Waals surface area contributed by atoms with Crippen molar-refractivity contribution in [1.82, 2.24) is 4.90 Å². The van der Waals surface area contributed by atoms with Gasteiger partial charge in [-0.2, -0.15) is 0 Å². The summed E-state index contributed by atoms with van der Waals surface area (Å²) in [7, 11) is 1.65. The zero-order chi connectivity index (χ0) is 13.7. The number of hydrogen-bond donors (Lipinski definition) is 1. The molecule has 4 nitrogen and oxygen atoms in total. The molecular weight excluding hydrogens is 240 g/mol. The predicted octanol–water partition coefficient (Wildman–Crippen LogP) is 1.19. The van der Waals surface area contributed by atoms with Crippen LogP contribution in [0.5, 0.6) is 0 Å². The van der Waals surface area contributed by atoms with E-state index in [0.717, 1.165) is 18.4 Å². The van der Waals surface area contributed by atoms with Gasteiger partial charge >= 0.3 is 0 Å². The Kier molecular flexibility index (Phi) is 4.93. The Morgan fingerprint density at radius 3 is 2.68 bits per heavy atom. The predicted molar refractivity (Wildman–Crippen MR) is 74.7 cm³/mol. The Hall–Kier alpha value is -1.39. The van der Waals surface area contributed by atoms with Crippen molar-refractivity contribution in [2.24, 2.45) is 5.73 Å². The lowest BCUT2D eigenvalue weighted by molar-refractivity contribution is -0.133. The summed E-state index contributed by atoms with van der Waals surface area (Å²) in [5.74, 6) is 0.0448. The zero-order valence-electron chi connectivity index (χ0n) is 11.4. The number of rotatable bonds is 7. The highest BCUT2D eigenvalue weighted by molar-refractivity contribution is 5.82. The third-order valence-electron chi connectivity index (χ3n) is 3.42. The number of benzene rings is 1. The molecule has 0 saturated heterocycles. The highest BCUT2D eigenvalue weighted by atomic mass is 16.5. The normalized spacial score (nSPS) is 16.1. The van der Waals surface area contributed by atoms with Gasteiger partial charge in [0.05, 0.1) is 12.6 Å². The van der Waals surface area contributed by atoms with E-state index in [4.69, 9.17) is 10.5 Å². The molecule has 1 atom stereocenters. The number of ether oxygens (including phenoxy) is 1. The van der Waals surface area contributed by atoms with Crippen molar-refractivity contribution in [3.8, 4) is 0 Å².